The van der Waals surface area contributed by atoms with Crippen LogP contribution in [-0.2, 0) is 19.1 Å². The van der Waals surface area contributed by atoms with E-state index in [1.807, 2.05) is 24.3 Å². The molecule has 4 aliphatic carbocycles. The number of halogens is 2. The molecule has 444 valence electrons. The first kappa shape index (κ1) is 63.0. The molecule has 5 fully saturated rings. The van der Waals surface area contributed by atoms with E-state index in [2.05, 4.69) is 79.4 Å². The largest absolute Gasteiger partial charge is 0.489 e. The molecule has 0 spiro atoms. The number of hydrogen-bond acceptors (Lipinski definition) is 12. The van der Waals surface area contributed by atoms with Gasteiger partial charge in [-0.05, 0) is 188 Å². The van der Waals surface area contributed by atoms with Crippen LogP contribution in [0.25, 0.3) is 22.3 Å². The van der Waals surface area contributed by atoms with Crippen molar-refractivity contribution in [3.8, 4) is 28.0 Å². The number of Topliss-reactive ketones (excluding diaryl/α,β-unsaturated/α-hetero) is 3. The summed E-state index contributed by atoms with van der Waals surface area (Å²) < 4.78 is 11.3. The van der Waals surface area contributed by atoms with Crippen molar-refractivity contribution >= 4 is 75.3 Å². The van der Waals surface area contributed by atoms with E-state index in [1.54, 1.807) is 97.9 Å². The Labute approximate surface area is 514 Å². The number of carbonyl (C=O) groups excluding carboxylic acids is 5. The Balaban J connectivity index is 0.000000158. The molecular formula is C69H69BBrClN2O12. The number of esters is 1. The third-order valence-corrected chi connectivity index (χ3v) is 16.4. The van der Waals surface area contributed by atoms with Gasteiger partial charge in [-0.3, -0.25) is 19.2 Å². The minimum Gasteiger partial charge on any atom is -0.489 e. The van der Waals surface area contributed by atoms with Crippen LogP contribution in [-0.4, -0.2) is 106 Å². The zero-order valence-electron chi connectivity index (χ0n) is 47.8. The van der Waals surface area contributed by atoms with Crippen molar-refractivity contribution in [2.75, 3.05) is 26.2 Å². The summed E-state index contributed by atoms with van der Waals surface area (Å²) in [5, 5.41) is 40.9. The molecule has 7 aromatic rings. The lowest BCUT2D eigenvalue weighted by Crippen LogP contribution is -2.48. The number of nitrogens with one attached hydrogen (secondary N) is 1. The maximum atomic E-state index is 13.1. The number of benzene rings is 7. The number of rotatable bonds is 20. The molecule has 0 radical (unpaired) electrons. The number of nitrogens with zero attached hydrogens (tertiary/aromatic N) is 1. The second-order valence-corrected chi connectivity index (χ2v) is 23.6. The van der Waals surface area contributed by atoms with Crippen LogP contribution in [0.4, 0.5) is 0 Å². The SMILES string of the molecule is CCOC(=O)C(=O)c1ccc(Br)cc1.O=C(N[C@H](CN1CCCC1)[C@H](O)c1ccc(OC2CC2)c(Cl)c1)C(=O)c1ccc(-c2ccc(C3CC3)cc2)cc1.O=C(O)C(=O)c1ccc(-c2ccc(C3CC3)cc2)cc1.OB(O)c1ccc(C2CC2)cc1. The van der Waals surface area contributed by atoms with Gasteiger partial charge < -0.3 is 40.0 Å². The summed E-state index contributed by atoms with van der Waals surface area (Å²) in [7, 11) is -1.33. The molecule has 2 atom stereocenters. The monoisotopic (exact) mass is 1240 g/mol. The Morgan fingerprint density at radius 2 is 1.02 bits per heavy atom. The van der Waals surface area contributed by atoms with Crippen molar-refractivity contribution in [1.82, 2.24) is 10.2 Å². The molecule has 17 heteroatoms. The molecule has 0 unspecified atom stereocenters. The summed E-state index contributed by atoms with van der Waals surface area (Å²) in [6, 6.07) is 49.4. The van der Waals surface area contributed by atoms with Crippen LogP contribution < -0.4 is 15.5 Å². The molecule has 86 heavy (non-hydrogen) atoms. The number of aliphatic carboxylic acids is 1. The number of aliphatic hydroxyl groups is 1. The lowest BCUT2D eigenvalue weighted by molar-refractivity contribution is -0.137. The van der Waals surface area contributed by atoms with Crippen molar-refractivity contribution in [1.29, 1.82) is 0 Å². The highest BCUT2D eigenvalue weighted by Crippen LogP contribution is 2.42. The zero-order chi connectivity index (χ0) is 60.9. The Bertz CT molecular complexity index is 3450. The van der Waals surface area contributed by atoms with Crippen LogP contribution in [0.3, 0.4) is 0 Å². The van der Waals surface area contributed by atoms with Crippen LogP contribution in [0.15, 0.2) is 168 Å². The summed E-state index contributed by atoms with van der Waals surface area (Å²) in [6.07, 6.45) is 11.0. The Morgan fingerprint density at radius 1 is 0.593 bits per heavy atom. The van der Waals surface area contributed by atoms with Crippen molar-refractivity contribution in [3.05, 3.63) is 212 Å². The van der Waals surface area contributed by atoms with Gasteiger partial charge in [0.25, 0.3) is 17.5 Å². The van der Waals surface area contributed by atoms with E-state index in [9.17, 15) is 33.9 Å². The second kappa shape index (κ2) is 29.7. The van der Waals surface area contributed by atoms with Gasteiger partial charge in [-0.1, -0.05) is 155 Å². The number of hydrogen-bond donors (Lipinski definition) is 5. The van der Waals surface area contributed by atoms with Gasteiger partial charge in [0.2, 0.25) is 5.78 Å². The van der Waals surface area contributed by atoms with Crippen LogP contribution in [0, 0.1) is 0 Å². The number of ether oxygens (including phenoxy) is 2. The standard InChI is InChI=1S/C33H35ClN2O4.C17H14O3.C10H9BrO3.C9H11BO2/c34-28-19-26(13-16-30(28)40-27-14-15-27)31(37)29(20-36-17-1-2-18-36)35-33(39)32(38)25-11-9-24(10-12-25)23-7-5-22(6-8-23)21-3-4-21;18-16(17(19)20)15-9-7-14(8-10-15)13-5-3-12(4-6-13)11-1-2-11;1-2-14-10(13)9(12)7-3-5-8(11)6-4-7;11-10(12)9-5-3-8(4-6-9)7-1-2-7/h5-13,16,19,21,27,29,31,37H,1-4,14-15,17-18,20H2,(H,35,39);3-11H,1-2H2,(H,19,20);3-6H,2H2,1H3;3-7,11-12H,1-2H2/t29-,31-;;;/m1.../s1. The fourth-order valence-corrected chi connectivity index (χ4v) is 10.5. The Hall–Kier alpha value is -7.57. The fourth-order valence-electron chi connectivity index (χ4n) is 9.98. The molecule has 14 nitrogen and oxygen atoms in total. The number of aliphatic hydroxyl groups excluding tert-OH is 1. The van der Waals surface area contributed by atoms with E-state index in [0.717, 1.165) is 77.3 Å². The lowest BCUT2D eigenvalue weighted by atomic mass is 9.80. The van der Waals surface area contributed by atoms with Gasteiger partial charge in [0.15, 0.2) is 0 Å². The minimum absolute atomic E-state index is 0.204. The highest BCUT2D eigenvalue weighted by atomic mass is 79.9. The number of carboxylic acid groups (broad SMARTS) is 1. The number of carbonyl (C=O) groups is 6. The highest BCUT2D eigenvalue weighted by molar-refractivity contribution is 9.10. The quantitative estimate of drug-likeness (QED) is 0.0208. The predicted molar refractivity (Wildman–Crippen MR) is 335 cm³/mol. The first-order valence-corrected chi connectivity index (χ1v) is 30.5. The van der Waals surface area contributed by atoms with E-state index in [-0.39, 0.29) is 18.3 Å². The number of carboxylic acids is 1. The smallest absolute Gasteiger partial charge is 0.488 e. The van der Waals surface area contributed by atoms with Gasteiger partial charge in [-0.2, -0.15) is 0 Å². The summed E-state index contributed by atoms with van der Waals surface area (Å²) >= 11 is 9.68. The van der Waals surface area contributed by atoms with Crippen LogP contribution in [0.5, 0.6) is 5.75 Å². The third-order valence-electron chi connectivity index (χ3n) is 15.6. The summed E-state index contributed by atoms with van der Waals surface area (Å²) in [4.78, 5) is 72.8. The van der Waals surface area contributed by atoms with Crippen LogP contribution in [0.2, 0.25) is 5.02 Å². The van der Waals surface area contributed by atoms with E-state index in [4.69, 9.17) is 31.5 Å². The van der Waals surface area contributed by atoms with Gasteiger partial charge in [-0.15, -0.1) is 0 Å². The Morgan fingerprint density at radius 3 is 1.44 bits per heavy atom. The van der Waals surface area contributed by atoms with Gasteiger partial charge in [-0.25, -0.2) is 9.59 Å². The third kappa shape index (κ3) is 18.0. The molecule has 1 amide bonds. The van der Waals surface area contributed by atoms with Crippen molar-refractivity contribution in [2.45, 2.75) is 107 Å². The topological polar surface area (TPSA) is 217 Å². The average molecular weight is 1240 g/mol. The Kier molecular flexibility index (Phi) is 21.7. The summed E-state index contributed by atoms with van der Waals surface area (Å²) in [5.41, 5.74) is 10.2. The molecule has 1 saturated heterocycles. The molecule has 1 aliphatic heterocycles. The average Bonchev–Trinajstić information content (AvgIpc) is 4.18. The zero-order valence-corrected chi connectivity index (χ0v) is 50.1. The normalized spacial score (nSPS) is 15.8. The van der Waals surface area contributed by atoms with Gasteiger partial charge in [0, 0.05) is 27.7 Å². The van der Waals surface area contributed by atoms with E-state index >= 15 is 0 Å². The molecule has 12 rings (SSSR count). The van der Waals surface area contributed by atoms with Gasteiger partial charge in [0.05, 0.1) is 23.8 Å². The second-order valence-electron chi connectivity index (χ2n) is 22.3. The molecule has 1 heterocycles. The van der Waals surface area contributed by atoms with Gasteiger partial charge in [0.1, 0.15) is 11.9 Å². The van der Waals surface area contributed by atoms with Gasteiger partial charge >= 0.3 is 19.1 Å². The maximum Gasteiger partial charge on any atom is 0.488 e. The predicted octanol–water partition coefficient (Wildman–Crippen LogP) is 11.9. The molecule has 0 aromatic heterocycles. The summed E-state index contributed by atoms with van der Waals surface area (Å²) in [6.45, 7) is 4.10. The van der Waals surface area contributed by atoms with Crippen molar-refractivity contribution in [3.63, 3.8) is 0 Å². The first-order valence-electron chi connectivity index (χ1n) is 29.3. The molecule has 5 N–H and O–H groups in total. The minimum atomic E-state index is -1.42. The highest BCUT2D eigenvalue weighted by Gasteiger charge is 2.31. The number of likely N-dealkylation sites (tertiary alicyclic amines) is 1. The lowest BCUT2D eigenvalue weighted by Gasteiger charge is -2.28. The van der Waals surface area contributed by atoms with E-state index in [0.29, 0.717) is 45.4 Å². The first-order chi connectivity index (χ1) is 41.5. The van der Waals surface area contributed by atoms with E-state index in [1.165, 1.54) is 55.2 Å². The van der Waals surface area contributed by atoms with Crippen molar-refractivity contribution in [2.24, 2.45) is 0 Å². The molecule has 0 bridgehead atoms. The number of amides is 1. The molecule has 4 saturated carbocycles. The molecule has 5 aliphatic rings. The molecule has 7 aromatic carbocycles. The fraction of sp³-hybridized carbons (Fsp3) is 0.304. The maximum absolute atomic E-state index is 13.1. The van der Waals surface area contributed by atoms with Crippen LogP contribution in [0.1, 0.15) is 148 Å². The van der Waals surface area contributed by atoms with Crippen molar-refractivity contribution < 1.29 is 58.5 Å². The number of ketones is 3. The van der Waals surface area contributed by atoms with E-state index < -0.39 is 54.5 Å². The molecular weight excluding hydrogens is 1170 g/mol. The van der Waals surface area contributed by atoms with Crippen LogP contribution >= 0.6 is 27.5 Å². The summed E-state index contributed by atoms with van der Waals surface area (Å²) in [5.74, 6) is -2.31.